The van der Waals surface area contributed by atoms with Gasteiger partial charge >= 0.3 is 12.0 Å². The molecule has 1 aliphatic rings. The lowest BCUT2D eigenvalue weighted by molar-refractivity contribution is -0.146. The summed E-state index contributed by atoms with van der Waals surface area (Å²) in [4.78, 5) is 41.5. The molecule has 0 saturated heterocycles. The third-order valence-corrected chi connectivity index (χ3v) is 4.89. The molecule has 1 unspecified atom stereocenters. The summed E-state index contributed by atoms with van der Waals surface area (Å²) in [5, 5.41) is 0. The molecule has 3 rings (SSSR count). The average Bonchev–Trinajstić information content (AvgIpc) is 3.02. The summed E-state index contributed by atoms with van der Waals surface area (Å²) in [7, 11) is 4.60. The van der Waals surface area contributed by atoms with E-state index in [0.29, 0.717) is 16.8 Å². The fourth-order valence-corrected chi connectivity index (χ4v) is 3.56. The number of fused-ring (bicyclic) bond motifs is 1. The Labute approximate surface area is 158 Å². The topological polar surface area (TPSA) is 66.9 Å². The van der Waals surface area contributed by atoms with Crippen molar-refractivity contribution < 1.29 is 19.1 Å². The molecule has 1 aliphatic heterocycles. The van der Waals surface area contributed by atoms with Crippen LogP contribution in [0.2, 0.25) is 0 Å². The van der Waals surface area contributed by atoms with Gasteiger partial charge in [0.15, 0.2) is 5.78 Å². The van der Waals surface area contributed by atoms with Gasteiger partial charge in [0.1, 0.15) is 5.41 Å². The molecule has 0 spiro atoms. The fraction of sp³-hybridized carbons (Fsp3) is 0.286. The van der Waals surface area contributed by atoms with Crippen molar-refractivity contribution in [1.29, 1.82) is 0 Å². The number of esters is 1. The molecular weight excluding hydrogens is 344 g/mol. The highest BCUT2D eigenvalue weighted by Gasteiger charge is 2.52. The Kier molecular flexibility index (Phi) is 4.99. The lowest BCUT2D eigenvalue weighted by Gasteiger charge is -2.28. The van der Waals surface area contributed by atoms with Crippen molar-refractivity contribution in [3.63, 3.8) is 0 Å². The molecule has 0 aliphatic carbocycles. The van der Waals surface area contributed by atoms with Crippen LogP contribution in [0.25, 0.3) is 0 Å². The van der Waals surface area contributed by atoms with Crippen LogP contribution in [0.4, 0.5) is 10.5 Å². The highest BCUT2D eigenvalue weighted by molar-refractivity contribution is 6.05. The van der Waals surface area contributed by atoms with Gasteiger partial charge in [-0.15, -0.1) is 0 Å². The molecule has 0 N–H and O–H groups in total. The van der Waals surface area contributed by atoms with Crippen LogP contribution in [0.5, 0.6) is 0 Å². The van der Waals surface area contributed by atoms with Gasteiger partial charge in [-0.25, -0.2) is 4.79 Å². The number of Topliss-reactive ketones (excluding diaryl/α,β-unsaturated/α-hetero) is 1. The molecule has 6 heteroatoms. The smallest absolute Gasteiger partial charge is 0.324 e. The van der Waals surface area contributed by atoms with Crippen LogP contribution < -0.4 is 4.90 Å². The second-order valence-corrected chi connectivity index (χ2v) is 6.82. The minimum atomic E-state index is -1.23. The van der Waals surface area contributed by atoms with Gasteiger partial charge < -0.3 is 9.64 Å². The lowest BCUT2D eigenvalue weighted by Crippen LogP contribution is -2.47. The zero-order chi connectivity index (χ0) is 19.6. The first kappa shape index (κ1) is 18.6. The Morgan fingerprint density at radius 3 is 2.30 bits per heavy atom. The molecule has 0 bridgehead atoms. The molecule has 2 amide bonds. The van der Waals surface area contributed by atoms with Gasteiger partial charge in [0.2, 0.25) is 0 Å². The van der Waals surface area contributed by atoms with E-state index in [9.17, 15) is 14.4 Å². The Hall–Kier alpha value is -3.15. The van der Waals surface area contributed by atoms with E-state index in [1.54, 1.807) is 62.6 Å². The highest BCUT2D eigenvalue weighted by Crippen LogP contribution is 2.44. The largest absolute Gasteiger partial charge is 0.468 e. The first-order chi connectivity index (χ1) is 12.9. The summed E-state index contributed by atoms with van der Waals surface area (Å²) in [6, 6.07) is 15.8. The number of carbonyl (C=O) groups excluding carboxylic acids is 3. The molecule has 1 heterocycles. The molecule has 0 fully saturated rings. The summed E-state index contributed by atoms with van der Waals surface area (Å²) in [6.45, 7) is 0.0641. The van der Waals surface area contributed by atoms with Gasteiger partial charge in [-0.1, -0.05) is 48.5 Å². The van der Waals surface area contributed by atoms with E-state index in [2.05, 4.69) is 0 Å². The molecule has 6 nitrogen and oxygen atoms in total. The van der Waals surface area contributed by atoms with E-state index in [4.69, 9.17) is 4.74 Å². The van der Waals surface area contributed by atoms with Crippen LogP contribution in [-0.4, -0.2) is 50.4 Å². The normalized spacial score (nSPS) is 18.0. The monoisotopic (exact) mass is 366 g/mol. The van der Waals surface area contributed by atoms with E-state index in [-0.39, 0.29) is 24.8 Å². The van der Waals surface area contributed by atoms with Crippen molar-refractivity contribution in [2.24, 2.45) is 0 Å². The van der Waals surface area contributed by atoms with Gasteiger partial charge in [-0.3, -0.25) is 14.5 Å². The molecular formula is C21H22N2O4. The maximum absolute atomic E-state index is 12.9. The molecule has 2 aromatic rings. The Morgan fingerprint density at radius 2 is 1.67 bits per heavy atom. The number of ether oxygens (including phenoxy) is 1. The lowest BCUT2D eigenvalue weighted by atomic mass is 9.77. The third-order valence-electron chi connectivity index (χ3n) is 4.89. The third kappa shape index (κ3) is 3.18. The van der Waals surface area contributed by atoms with Gasteiger partial charge in [-0.05, 0) is 11.6 Å². The summed E-state index contributed by atoms with van der Waals surface area (Å²) < 4.78 is 5.08. The zero-order valence-corrected chi connectivity index (χ0v) is 15.6. The van der Waals surface area contributed by atoms with Crippen LogP contribution in [0.15, 0.2) is 54.6 Å². The Morgan fingerprint density at radius 1 is 1.04 bits per heavy atom. The number of benzene rings is 2. The maximum atomic E-state index is 12.9. The highest BCUT2D eigenvalue weighted by atomic mass is 16.5. The van der Waals surface area contributed by atoms with Gasteiger partial charge in [0.05, 0.1) is 7.11 Å². The number of amides is 2. The second kappa shape index (κ2) is 7.23. The summed E-state index contributed by atoms with van der Waals surface area (Å²) in [6.07, 6.45) is -0.0715. The number of rotatable bonds is 4. The summed E-state index contributed by atoms with van der Waals surface area (Å²) in [5.74, 6) is -0.691. The Bertz CT molecular complexity index is 879. The zero-order valence-electron chi connectivity index (χ0n) is 15.6. The van der Waals surface area contributed by atoms with Crippen LogP contribution in [0, 0.1) is 0 Å². The minimum Gasteiger partial charge on any atom is -0.468 e. The number of para-hydroxylation sites is 1. The fourth-order valence-electron chi connectivity index (χ4n) is 3.56. The SMILES string of the molecule is COC(=O)C1(CC(=O)c2ccccc2)CN(C(=O)N(C)C)c2ccccc21. The molecule has 27 heavy (non-hydrogen) atoms. The van der Waals surface area contributed by atoms with E-state index < -0.39 is 11.4 Å². The quantitative estimate of drug-likeness (QED) is 0.616. The second-order valence-electron chi connectivity index (χ2n) is 6.82. The first-order valence-electron chi connectivity index (χ1n) is 8.65. The summed E-state index contributed by atoms with van der Waals surface area (Å²) >= 11 is 0. The number of anilines is 1. The van der Waals surface area contributed by atoms with Crippen molar-refractivity contribution in [2.75, 3.05) is 32.6 Å². The van der Waals surface area contributed by atoms with Gasteiger partial charge in [0, 0.05) is 38.3 Å². The first-order valence-corrected chi connectivity index (χ1v) is 8.65. The summed E-state index contributed by atoms with van der Waals surface area (Å²) in [5.41, 5.74) is 0.554. The van der Waals surface area contributed by atoms with Crippen molar-refractivity contribution in [3.8, 4) is 0 Å². The van der Waals surface area contributed by atoms with Crippen LogP contribution in [0.1, 0.15) is 22.3 Å². The van der Waals surface area contributed by atoms with E-state index in [1.807, 2.05) is 6.07 Å². The Balaban J connectivity index is 2.08. The van der Waals surface area contributed by atoms with Crippen LogP contribution in [-0.2, 0) is 14.9 Å². The number of nitrogens with zero attached hydrogens (tertiary/aromatic N) is 2. The van der Waals surface area contributed by atoms with Gasteiger partial charge in [-0.2, -0.15) is 0 Å². The molecule has 0 radical (unpaired) electrons. The van der Waals surface area contributed by atoms with Crippen molar-refractivity contribution in [3.05, 3.63) is 65.7 Å². The maximum Gasteiger partial charge on any atom is 0.324 e. The molecule has 2 aromatic carbocycles. The molecule has 0 aromatic heterocycles. The molecule has 140 valence electrons. The van der Waals surface area contributed by atoms with E-state index >= 15 is 0 Å². The van der Waals surface area contributed by atoms with Crippen molar-refractivity contribution >= 4 is 23.5 Å². The van der Waals surface area contributed by atoms with E-state index in [1.165, 1.54) is 16.9 Å². The predicted molar refractivity (Wildman–Crippen MR) is 102 cm³/mol. The standard InChI is InChI=1S/C21H22N2O4/c1-22(2)20(26)23-14-21(19(25)27-3,16-11-7-8-12-17(16)23)13-18(24)15-9-5-4-6-10-15/h4-12H,13-14H2,1-3H3. The van der Waals surface area contributed by atoms with Crippen LogP contribution >= 0.6 is 0 Å². The minimum absolute atomic E-state index is 0.0641. The van der Waals surface area contributed by atoms with E-state index in [0.717, 1.165) is 0 Å². The number of hydrogen-bond acceptors (Lipinski definition) is 4. The molecule has 0 saturated carbocycles. The number of methoxy groups -OCH3 is 1. The number of hydrogen-bond donors (Lipinski definition) is 0. The number of carbonyl (C=O) groups is 3. The molecule has 1 atom stereocenters. The van der Waals surface area contributed by atoms with Crippen LogP contribution in [0.3, 0.4) is 0 Å². The average molecular weight is 366 g/mol. The van der Waals surface area contributed by atoms with Crippen molar-refractivity contribution in [2.45, 2.75) is 11.8 Å². The predicted octanol–water partition coefficient (Wildman–Crippen LogP) is 2.87. The van der Waals surface area contributed by atoms with Crippen molar-refractivity contribution in [1.82, 2.24) is 4.90 Å². The number of ketones is 1. The van der Waals surface area contributed by atoms with Gasteiger partial charge in [0.25, 0.3) is 0 Å². The number of urea groups is 1.